The SMILES string of the molecule is Cc1ccc2[nH]c3nc(NCc4ccccc4)nnc3c2c1. The van der Waals surface area contributed by atoms with E-state index in [1.807, 2.05) is 24.3 Å². The lowest BCUT2D eigenvalue weighted by Crippen LogP contribution is -2.04. The lowest BCUT2D eigenvalue weighted by atomic mass is 10.2. The Hall–Kier alpha value is -2.95. The number of rotatable bonds is 3. The number of anilines is 1. The molecule has 0 saturated carbocycles. The zero-order chi connectivity index (χ0) is 14.9. The van der Waals surface area contributed by atoms with Gasteiger partial charge in [-0.2, -0.15) is 4.98 Å². The van der Waals surface area contributed by atoms with Gasteiger partial charge in [0.1, 0.15) is 5.52 Å². The van der Waals surface area contributed by atoms with Crippen molar-refractivity contribution in [3.63, 3.8) is 0 Å². The van der Waals surface area contributed by atoms with E-state index in [9.17, 15) is 0 Å². The molecule has 2 heterocycles. The molecule has 4 rings (SSSR count). The van der Waals surface area contributed by atoms with E-state index < -0.39 is 0 Å². The van der Waals surface area contributed by atoms with Crippen molar-refractivity contribution in [1.29, 1.82) is 0 Å². The van der Waals surface area contributed by atoms with Crippen LogP contribution in [0.2, 0.25) is 0 Å². The van der Waals surface area contributed by atoms with Crippen LogP contribution < -0.4 is 5.32 Å². The zero-order valence-corrected chi connectivity index (χ0v) is 12.2. The minimum Gasteiger partial charge on any atom is -0.349 e. The van der Waals surface area contributed by atoms with E-state index in [4.69, 9.17) is 0 Å². The Morgan fingerprint density at radius 1 is 1.05 bits per heavy atom. The smallest absolute Gasteiger partial charge is 0.245 e. The number of hydrogen-bond donors (Lipinski definition) is 2. The molecule has 5 heteroatoms. The summed E-state index contributed by atoms with van der Waals surface area (Å²) in [7, 11) is 0. The first-order chi connectivity index (χ1) is 10.8. The van der Waals surface area contributed by atoms with E-state index in [0.29, 0.717) is 12.5 Å². The van der Waals surface area contributed by atoms with Crippen LogP contribution in [0.3, 0.4) is 0 Å². The predicted octanol–water partition coefficient (Wildman–Crippen LogP) is 3.43. The average molecular weight is 289 g/mol. The summed E-state index contributed by atoms with van der Waals surface area (Å²) in [5.41, 5.74) is 4.97. The molecule has 0 amide bonds. The van der Waals surface area contributed by atoms with Crippen LogP contribution in [0, 0.1) is 6.92 Å². The number of benzene rings is 2. The molecule has 5 nitrogen and oxygen atoms in total. The monoisotopic (exact) mass is 289 g/mol. The number of nitrogens with zero attached hydrogens (tertiary/aromatic N) is 3. The molecule has 0 saturated heterocycles. The largest absolute Gasteiger partial charge is 0.349 e. The molecule has 108 valence electrons. The molecule has 2 aromatic carbocycles. The molecule has 0 aliphatic heterocycles. The molecule has 0 bridgehead atoms. The summed E-state index contributed by atoms with van der Waals surface area (Å²) >= 11 is 0. The first kappa shape index (κ1) is 12.8. The fourth-order valence-corrected chi connectivity index (χ4v) is 2.54. The van der Waals surface area contributed by atoms with Crippen LogP contribution in [0.1, 0.15) is 11.1 Å². The van der Waals surface area contributed by atoms with Crippen LogP contribution >= 0.6 is 0 Å². The van der Waals surface area contributed by atoms with Gasteiger partial charge in [0.2, 0.25) is 5.95 Å². The van der Waals surface area contributed by atoms with Crippen LogP contribution in [-0.4, -0.2) is 20.2 Å². The minimum atomic E-state index is 0.527. The fourth-order valence-electron chi connectivity index (χ4n) is 2.54. The highest BCUT2D eigenvalue weighted by atomic mass is 15.2. The Labute approximate surface area is 127 Å². The number of H-pyrrole nitrogens is 1. The molecule has 0 aliphatic rings. The second-order valence-corrected chi connectivity index (χ2v) is 5.35. The molecular weight excluding hydrogens is 274 g/mol. The van der Waals surface area contributed by atoms with Gasteiger partial charge in [-0.15, -0.1) is 10.2 Å². The number of hydrogen-bond acceptors (Lipinski definition) is 4. The highest BCUT2D eigenvalue weighted by Gasteiger charge is 2.09. The molecule has 0 radical (unpaired) electrons. The lowest BCUT2D eigenvalue weighted by Gasteiger charge is -2.03. The summed E-state index contributed by atoms with van der Waals surface area (Å²) in [6.45, 7) is 2.74. The van der Waals surface area contributed by atoms with Crippen molar-refractivity contribution in [3.05, 3.63) is 59.7 Å². The number of aryl methyl sites for hydroxylation is 1. The Balaban J connectivity index is 1.67. The predicted molar refractivity (Wildman–Crippen MR) is 87.7 cm³/mol. The lowest BCUT2D eigenvalue weighted by molar-refractivity contribution is 0.983. The van der Waals surface area contributed by atoms with Crippen LogP contribution in [0.5, 0.6) is 0 Å². The summed E-state index contributed by atoms with van der Waals surface area (Å²) in [4.78, 5) is 7.81. The highest BCUT2D eigenvalue weighted by molar-refractivity contribution is 6.03. The number of aromatic amines is 1. The molecule has 2 aromatic heterocycles. The summed E-state index contributed by atoms with van der Waals surface area (Å²) in [5, 5.41) is 12.8. The molecule has 0 unspecified atom stereocenters. The summed E-state index contributed by atoms with van der Waals surface area (Å²) in [6.07, 6.45) is 0. The third kappa shape index (κ3) is 2.26. The maximum atomic E-state index is 4.52. The van der Waals surface area contributed by atoms with Crippen molar-refractivity contribution in [2.45, 2.75) is 13.5 Å². The molecular formula is C17H15N5. The van der Waals surface area contributed by atoms with Gasteiger partial charge in [-0.3, -0.25) is 0 Å². The van der Waals surface area contributed by atoms with Gasteiger partial charge >= 0.3 is 0 Å². The van der Waals surface area contributed by atoms with Crippen LogP contribution in [0.15, 0.2) is 48.5 Å². The van der Waals surface area contributed by atoms with Gasteiger partial charge in [0.15, 0.2) is 5.65 Å². The van der Waals surface area contributed by atoms with Gasteiger partial charge in [0, 0.05) is 17.4 Å². The summed E-state index contributed by atoms with van der Waals surface area (Å²) < 4.78 is 0. The fraction of sp³-hybridized carbons (Fsp3) is 0.118. The Morgan fingerprint density at radius 2 is 1.91 bits per heavy atom. The van der Waals surface area contributed by atoms with Gasteiger partial charge in [-0.1, -0.05) is 42.0 Å². The normalized spacial score (nSPS) is 11.1. The Bertz CT molecular complexity index is 943. The highest BCUT2D eigenvalue weighted by Crippen LogP contribution is 2.23. The third-order valence-electron chi connectivity index (χ3n) is 3.66. The maximum absolute atomic E-state index is 4.52. The van der Waals surface area contributed by atoms with E-state index in [2.05, 4.69) is 56.7 Å². The van der Waals surface area contributed by atoms with Crippen molar-refractivity contribution in [3.8, 4) is 0 Å². The minimum absolute atomic E-state index is 0.527. The third-order valence-corrected chi connectivity index (χ3v) is 3.66. The second kappa shape index (κ2) is 5.11. The Kier molecular flexibility index (Phi) is 2.96. The number of fused-ring (bicyclic) bond motifs is 3. The Morgan fingerprint density at radius 3 is 2.77 bits per heavy atom. The van der Waals surface area contributed by atoms with Crippen LogP contribution in [-0.2, 0) is 6.54 Å². The molecule has 0 spiro atoms. The zero-order valence-electron chi connectivity index (χ0n) is 12.2. The van der Waals surface area contributed by atoms with Crippen molar-refractivity contribution in [1.82, 2.24) is 20.2 Å². The van der Waals surface area contributed by atoms with E-state index in [0.717, 1.165) is 22.1 Å². The van der Waals surface area contributed by atoms with Gasteiger partial charge in [-0.25, -0.2) is 0 Å². The molecule has 0 fully saturated rings. The quantitative estimate of drug-likeness (QED) is 0.606. The average Bonchev–Trinajstić information content (AvgIpc) is 2.91. The molecule has 22 heavy (non-hydrogen) atoms. The molecule has 2 N–H and O–H groups in total. The molecule has 0 aliphatic carbocycles. The van der Waals surface area contributed by atoms with Crippen molar-refractivity contribution in [2.75, 3.05) is 5.32 Å². The van der Waals surface area contributed by atoms with E-state index in [1.54, 1.807) is 0 Å². The topological polar surface area (TPSA) is 66.5 Å². The van der Waals surface area contributed by atoms with Gasteiger partial charge < -0.3 is 10.3 Å². The maximum Gasteiger partial charge on any atom is 0.245 e. The van der Waals surface area contributed by atoms with Crippen molar-refractivity contribution < 1.29 is 0 Å². The molecule has 4 aromatic rings. The van der Waals surface area contributed by atoms with Gasteiger partial charge in [0.25, 0.3) is 0 Å². The van der Waals surface area contributed by atoms with E-state index in [-0.39, 0.29) is 0 Å². The number of aromatic nitrogens is 4. The van der Waals surface area contributed by atoms with Crippen LogP contribution in [0.25, 0.3) is 22.1 Å². The summed E-state index contributed by atoms with van der Waals surface area (Å²) in [6, 6.07) is 16.4. The second-order valence-electron chi connectivity index (χ2n) is 5.35. The van der Waals surface area contributed by atoms with Crippen LogP contribution in [0.4, 0.5) is 5.95 Å². The first-order valence-corrected chi connectivity index (χ1v) is 7.20. The summed E-state index contributed by atoms with van der Waals surface area (Å²) in [5.74, 6) is 0.527. The van der Waals surface area contributed by atoms with E-state index in [1.165, 1.54) is 11.1 Å². The van der Waals surface area contributed by atoms with Crippen molar-refractivity contribution >= 4 is 28.0 Å². The number of nitrogens with one attached hydrogen (secondary N) is 2. The van der Waals surface area contributed by atoms with Crippen molar-refractivity contribution in [2.24, 2.45) is 0 Å². The standard InChI is InChI=1S/C17H15N5/c1-11-7-8-14-13(9-11)15-16(19-14)20-17(22-21-15)18-10-12-5-3-2-4-6-12/h2-9H,10H2,1H3,(H2,18,19,20,22). The molecule has 0 atom stereocenters. The van der Waals surface area contributed by atoms with Gasteiger partial charge in [0.05, 0.1) is 0 Å². The van der Waals surface area contributed by atoms with Gasteiger partial charge in [-0.05, 0) is 24.6 Å². The first-order valence-electron chi connectivity index (χ1n) is 7.20. The van der Waals surface area contributed by atoms with E-state index >= 15 is 0 Å².